The normalized spacial score (nSPS) is 18.8. The van der Waals surface area contributed by atoms with Crippen LogP contribution >= 0.6 is 0 Å². The van der Waals surface area contributed by atoms with Crippen molar-refractivity contribution in [1.82, 2.24) is 9.80 Å². The third-order valence-electron chi connectivity index (χ3n) is 1.42. The van der Waals surface area contributed by atoms with Crippen LogP contribution in [0.15, 0.2) is 12.4 Å². The fourth-order valence-electron chi connectivity index (χ4n) is 0.843. The molecule has 0 unspecified atom stereocenters. The van der Waals surface area contributed by atoms with Crippen molar-refractivity contribution in [1.29, 1.82) is 5.26 Å². The number of nitrogens with zero attached hydrogens (tertiary/aromatic N) is 3. The van der Waals surface area contributed by atoms with Gasteiger partial charge >= 0.3 is 0 Å². The second kappa shape index (κ2) is 1.98. The van der Waals surface area contributed by atoms with Gasteiger partial charge in [0.2, 0.25) is 0 Å². The summed E-state index contributed by atoms with van der Waals surface area (Å²) in [6.07, 6.45) is 3.66. The number of hydrogen-bond donors (Lipinski definition) is 0. The van der Waals surface area contributed by atoms with Crippen LogP contribution in [-0.2, 0) is 0 Å². The fraction of sp³-hybridized carbons (Fsp3) is 0.500. The fourth-order valence-corrected chi connectivity index (χ4v) is 0.843. The van der Waals surface area contributed by atoms with E-state index < -0.39 is 0 Å². The van der Waals surface area contributed by atoms with Crippen LogP contribution in [0.25, 0.3) is 0 Å². The Morgan fingerprint density at radius 1 is 1.33 bits per heavy atom. The molecule has 0 fully saturated rings. The van der Waals surface area contributed by atoms with Gasteiger partial charge in [0.05, 0.1) is 0 Å². The van der Waals surface area contributed by atoms with Crippen molar-refractivity contribution in [3.8, 4) is 6.07 Å². The highest BCUT2D eigenvalue weighted by atomic mass is 15.4. The molecular formula is C6H9N3. The number of hydrogen-bond acceptors (Lipinski definition) is 3. The first-order chi connectivity index (χ1) is 4.25. The number of rotatable bonds is 0. The Hall–Kier alpha value is -1.17. The lowest BCUT2D eigenvalue weighted by Gasteiger charge is -2.19. The molecule has 0 saturated carbocycles. The highest BCUT2D eigenvalue weighted by Crippen LogP contribution is 2.08. The Balaban J connectivity index is 2.66. The minimum absolute atomic E-state index is 0.106. The van der Waals surface area contributed by atoms with E-state index in [0.717, 1.165) is 0 Å². The molecular weight excluding hydrogens is 114 g/mol. The van der Waals surface area contributed by atoms with Gasteiger partial charge in [0.25, 0.3) is 0 Å². The van der Waals surface area contributed by atoms with E-state index in [9.17, 15) is 0 Å². The Morgan fingerprint density at radius 2 is 1.78 bits per heavy atom. The minimum atomic E-state index is -0.106. The third kappa shape index (κ3) is 0.833. The highest BCUT2D eigenvalue weighted by molar-refractivity contribution is 5.03. The van der Waals surface area contributed by atoms with Gasteiger partial charge in [0.1, 0.15) is 6.07 Å². The van der Waals surface area contributed by atoms with Crippen molar-refractivity contribution in [3.63, 3.8) is 0 Å². The molecule has 0 bridgehead atoms. The van der Waals surface area contributed by atoms with E-state index in [1.165, 1.54) is 0 Å². The summed E-state index contributed by atoms with van der Waals surface area (Å²) < 4.78 is 0. The molecule has 48 valence electrons. The lowest BCUT2D eigenvalue weighted by Crippen LogP contribution is -2.32. The molecule has 9 heavy (non-hydrogen) atoms. The Bertz CT molecular complexity index is 156. The first-order valence-electron chi connectivity index (χ1n) is 2.77. The van der Waals surface area contributed by atoms with Crippen molar-refractivity contribution in [3.05, 3.63) is 12.4 Å². The summed E-state index contributed by atoms with van der Waals surface area (Å²) in [5.41, 5.74) is 0. The molecule has 0 aliphatic carbocycles. The maximum atomic E-state index is 8.53. The molecule has 3 heteroatoms. The molecule has 1 rings (SSSR count). The van der Waals surface area contributed by atoms with Crippen LogP contribution in [0.5, 0.6) is 0 Å². The van der Waals surface area contributed by atoms with Crippen molar-refractivity contribution >= 4 is 0 Å². The lowest BCUT2D eigenvalue weighted by atomic mass is 10.5. The van der Waals surface area contributed by atoms with Crippen molar-refractivity contribution in [2.24, 2.45) is 0 Å². The molecule has 0 spiro atoms. The zero-order valence-electron chi connectivity index (χ0n) is 5.57. The third-order valence-corrected chi connectivity index (χ3v) is 1.42. The molecule has 0 aromatic carbocycles. The van der Waals surface area contributed by atoms with Crippen LogP contribution < -0.4 is 0 Å². The van der Waals surface area contributed by atoms with Gasteiger partial charge < -0.3 is 9.80 Å². The van der Waals surface area contributed by atoms with Gasteiger partial charge in [0.15, 0.2) is 6.17 Å². The summed E-state index contributed by atoms with van der Waals surface area (Å²) in [5.74, 6) is 0. The summed E-state index contributed by atoms with van der Waals surface area (Å²) in [4.78, 5) is 3.72. The van der Waals surface area contributed by atoms with Gasteiger partial charge in [-0.15, -0.1) is 0 Å². The summed E-state index contributed by atoms with van der Waals surface area (Å²) >= 11 is 0. The Morgan fingerprint density at radius 3 is 2.00 bits per heavy atom. The molecule has 0 N–H and O–H groups in total. The van der Waals surface area contributed by atoms with E-state index >= 15 is 0 Å². The number of nitriles is 1. The summed E-state index contributed by atoms with van der Waals surface area (Å²) in [6.45, 7) is 0. The van der Waals surface area contributed by atoms with Gasteiger partial charge in [-0.2, -0.15) is 5.26 Å². The maximum Gasteiger partial charge on any atom is 0.190 e. The van der Waals surface area contributed by atoms with Gasteiger partial charge in [-0.05, 0) is 0 Å². The Kier molecular flexibility index (Phi) is 1.31. The topological polar surface area (TPSA) is 30.3 Å². The van der Waals surface area contributed by atoms with Crippen LogP contribution in [0.2, 0.25) is 0 Å². The standard InChI is InChI=1S/C6H9N3/c1-8-3-4-9(2)6(8)5-7/h3-4,6H,1-2H3. The average molecular weight is 123 g/mol. The molecule has 0 aromatic heterocycles. The second-order valence-corrected chi connectivity index (χ2v) is 2.13. The molecule has 0 saturated heterocycles. The molecule has 0 atom stereocenters. The smallest absolute Gasteiger partial charge is 0.190 e. The monoisotopic (exact) mass is 123 g/mol. The Labute approximate surface area is 54.8 Å². The van der Waals surface area contributed by atoms with Crippen molar-refractivity contribution in [2.75, 3.05) is 14.1 Å². The predicted molar refractivity (Wildman–Crippen MR) is 34.1 cm³/mol. The van der Waals surface area contributed by atoms with E-state index in [0.29, 0.717) is 0 Å². The van der Waals surface area contributed by atoms with Crippen LogP contribution in [0, 0.1) is 11.3 Å². The van der Waals surface area contributed by atoms with E-state index in [2.05, 4.69) is 6.07 Å². The molecule has 0 radical (unpaired) electrons. The zero-order valence-corrected chi connectivity index (χ0v) is 5.57. The molecule has 1 aliphatic rings. The maximum absolute atomic E-state index is 8.53. The van der Waals surface area contributed by atoms with Crippen LogP contribution in [0.3, 0.4) is 0 Å². The van der Waals surface area contributed by atoms with Crippen LogP contribution in [-0.4, -0.2) is 30.1 Å². The van der Waals surface area contributed by atoms with E-state index in [1.54, 1.807) is 0 Å². The van der Waals surface area contributed by atoms with Crippen LogP contribution in [0.1, 0.15) is 0 Å². The van der Waals surface area contributed by atoms with Gasteiger partial charge in [-0.25, -0.2) is 0 Å². The minimum Gasteiger partial charge on any atom is -0.347 e. The second-order valence-electron chi connectivity index (χ2n) is 2.13. The van der Waals surface area contributed by atoms with E-state index in [-0.39, 0.29) is 6.17 Å². The quantitative estimate of drug-likeness (QED) is 0.460. The average Bonchev–Trinajstić information content (AvgIpc) is 2.12. The summed E-state index contributed by atoms with van der Waals surface area (Å²) in [6, 6.07) is 2.15. The SMILES string of the molecule is CN1C=CN(C)C1C#N. The summed E-state index contributed by atoms with van der Waals surface area (Å²) in [7, 11) is 3.77. The van der Waals surface area contributed by atoms with Crippen LogP contribution in [0.4, 0.5) is 0 Å². The van der Waals surface area contributed by atoms with Gasteiger partial charge in [-0.3, -0.25) is 0 Å². The first-order valence-corrected chi connectivity index (χ1v) is 2.77. The highest BCUT2D eigenvalue weighted by Gasteiger charge is 2.18. The molecule has 0 amide bonds. The molecule has 1 heterocycles. The van der Waals surface area contributed by atoms with E-state index in [4.69, 9.17) is 5.26 Å². The predicted octanol–water partition coefficient (Wildman–Crippen LogP) is 0.184. The zero-order chi connectivity index (χ0) is 6.85. The first kappa shape index (κ1) is 5.96. The van der Waals surface area contributed by atoms with Gasteiger partial charge in [-0.1, -0.05) is 0 Å². The van der Waals surface area contributed by atoms with Gasteiger partial charge in [0, 0.05) is 26.5 Å². The summed E-state index contributed by atoms with van der Waals surface area (Å²) in [5, 5.41) is 8.53. The van der Waals surface area contributed by atoms with Crippen molar-refractivity contribution < 1.29 is 0 Å². The lowest BCUT2D eigenvalue weighted by molar-refractivity contribution is 0.265. The molecule has 1 aliphatic heterocycles. The molecule has 3 nitrogen and oxygen atoms in total. The van der Waals surface area contributed by atoms with E-state index in [1.807, 2.05) is 36.3 Å². The van der Waals surface area contributed by atoms with Crippen molar-refractivity contribution in [2.45, 2.75) is 6.17 Å². The largest absolute Gasteiger partial charge is 0.347 e. The molecule has 0 aromatic rings.